The first-order chi connectivity index (χ1) is 11.7. The van der Waals surface area contributed by atoms with Gasteiger partial charge in [-0.15, -0.1) is 5.10 Å². The normalized spacial score (nSPS) is 10.9. The molecule has 2 N–H and O–H groups in total. The summed E-state index contributed by atoms with van der Waals surface area (Å²) in [6.07, 6.45) is 6.27. The summed E-state index contributed by atoms with van der Waals surface area (Å²) in [7, 11) is 1.57. The summed E-state index contributed by atoms with van der Waals surface area (Å²) in [5, 5.41) is 4.14. The smallest absolute Gasteiger partial charge is 0.274 e. The zero-order valence-electron chi connectivity index (χ0n) is 13.0. The van der Waals surface area contributed by atoms with Crippen molar-refractivity contribution in [2.75, 3.05) is 12.8 Å². The molecule has 0 amide bonds. The third-order valence-electron chi connectivity index (χ3n) is 3.31. The predicted octanol–water partition coefficient (Wildman–Crippen LogP) is 2.28. The molecule has 1 aromatic carbocycles. The van der Waals surface area contributed by atoms with Gasteiger partial charge in [-0.25, -0.2) is 0 Å². The summed E-state index contributed by atoms with van der Waals surface area (Å²) in [5.41, 5.74) is 7.26. The molecule has 0 aliphatic carbocycles. The SMILES string of the molecule is COc1ccccc1C=CC(=O)n1nc(-c2cccnc2)nc1N. The van der Waals surface area contributed by atoms with Gasteiger partial charge in [-0.1, -0.05) is 18.2 Å². The van der Waals surface area contributed by atoms with Gasteiger partial charge in [0, 0.05) is 29.6 Å². The highest BCUT2D eigenvalue weighted by molar-refractivity contribution is 5.95. The molecule has 0 bridgehead atoms. The van der Waals surface area contributed by atoms with Crippen molar-refractivity contribution in [2.45, 2.75) is 0 Å². The second-order valence-corrected chi connectivity index (χ2v) is 4.86. The summed E-state index contributed by atoms with van der Waals surface area (Å²) in [6.45, 7) is 0. The van der Waals surface area contributed by atoms with Gasteiger partial charge in [0.1, 0.15) is 5.75 Å². The van der Waals surface area contributed by atoms with Crippen LogP contribution in [0, 0.1) is 0 Å². The standard InChI is InChI=1S/C17H15N5O2/c1-24-14-7-3-2-5-12(14)8-9-15(23)22-17(18)20-16(21-22)13-6-4-10-19-11-13/h2-11H,1H3,(H2,18,20,21). The minimum absolute atomic E-state index is 0.0172. The van der Waals surface area contributed by atoms with Crippen LogP contribution < -0.4 is 10.5 Å². The summed E-state index contributed by atoms with van der Waals surface area (Å²) < 4.78 is 6.29. The van der Waals surface area contributed by atoms with Crippen LogP contribution in [0.2, 0.25) is 0 Å². The Morgan fingerprint density at radius 1 is 1.25 bits per heavy atom. The fourth-order valence-corrected chi connectivity index (χ4v) is 2.14. The van der Waals surface area contributed by atoms with Gasteiger partial charge < -0.3 is 10.5 Å². The lowest BCUT2D eigenvalue weighted by Gasteiger charge is -2.03. The van der Waals surface area contributed by atoms with Crippen LogP contribution in [0.25, 0.3) is 17.5 Å². The van der Waals surface area contributed by atoms with Crippen LogP contribution in [0.3, 0.4) is 0 Å². The van der Waals surface area contributed by atoms with Gasteiger partial charge in [0.15, 0.2) is 5.82 Å². The monoisotopic (exact) mass is 321 g/mol. The fourth-order valence-electron chi connectivity index (χ4n) is 2.14. The van der Waals surface area contributed by atoms with E-state index in [2.05, 4.69) is 15.1 Å². The number of methoxy groups -OCH3 is 1. The second-order valence-electron chi connectivity index (χ2n) is 4.86. The molecule has 0 aliphatic heterocycles. The third kappa shape index (κ3) is 3.14. The number of hydrogen-bond donors (Lipinski definition) is 1. The molecule has 2 aromatic heterocycles. The largest absolute Gasteiger partial charge is 0.496 e. The Labute approximate surface area is 138 Å². The zero-order valence-corrected chi connectivity index (χ0v) is 13.0. The summed E-state index contributed by atoms with van der Waals surface area (Å²) in [5.74, 6) is 0.633. The van der Waals surface area contributed by atoms with Crippen molar-refractivity contribution in [2.24, 2.45) is 0 Å². The van der Waals surface area contributed by atoms with Crippen molar-refractivity contribution in [1.29, 1.82) is 0 Å². The molecule has 0 fully saturated rings. The first-order valence-corrected chi connectivity index (χ1v) is 7.17. The van der Waals surface area contributed by atoms with Gasteiger partial charge in [-0.2, -0.15) is 9.67 Å². The first kappa shape index (κ1) is 15.4. The van der Waals surface area contributed by atoms with Crippen LogP contribution in [0.15, 0.2) is 54.9 Å². The van der Waals surface area contributed by atoms with Gasteiger partial charge in [0.05, 0.1) is 7.11 Å². The number of ether oxygens (including phenoxy) is 1. The Hall–Kier alpha value is -3.48. The van der Waals surface area contributed by atoms with Crippen molar-refractivity contribution >= 4 is 17.9 Å². The lowest BCUT2D eigenvalue weighted by molar-refractivity contribution is 0.0958. The minimum atomic E-state index is -0.402. The molecule has 0 aliphatic rings. The molecule has 120 valence electrons. The zero-order chi connectivity index (χ0) is 16.9. The summed E-state index contributed by atoms with van der Waals surface area (Å²) >= 11 is 0. The van der Waals surface area contributed by atoms with E-state index in [1.807, 2.05) is 24.3 Å². The van der Waals surface area contributed by atoms with E-state index >= 15 is 0 Å². The predicted molar refractivity (Wildman–Crippen MR) is 90.3 cm³/mol. The number of rotatable bonds is 4. The van der Waals surface area contributed by atoms with Crippen LogP contribution in [-0.2, 0) is 0 Å². The van der Waals surface area contributed by atoms with Gasteiger partial charge in [0.2, 0.25) is 5.95 Å². The molecular formula is C17H15N5O2. The fraction of sp³-hybridized carbons (Fsp3) is 0.0588. The number of benzene rings is 1. The van der Waals surface area contributed by atoms with E-state index in [1.165, 1.54) is 6.08 Å². The van der Waals surface area contributed by atoms with Crippen LogP contribution in [0.1, 0.15) is 10.4 Å². The van der Waals surface area contributed by atoms with Crippen LogP contribution in [-0.4, -0.2) is 32.8 Å². The van der Waals surface area contributed by atoms with E-state index in [9.17, 15) is 4.79 Å². The molecule has 7 nitrogen and oxygen atoms in total. The second kappa shape index (κ2) is 6.74. The molecule has 7 heteroatoms. The number of para-hydroxylation sites is 1. The lowest BCUT2D eigenvalue weighted by atomic mass is 10.2. The van der Waals surface area contributed by atoms with Crippen molar-refractivity contribution < 1.29 is 9.53 Å². The van der Waals surface area contributed by atoms with Crippen molar-refractivity contribution in [1.82, 2.24) is 19.7 Å². The summed E-state index contributed by atoms with van der Waals surface area (Å²) in [6, 6.07) is 10.9. The molecule has 0 spiro atoms. The number of carbonyl (C=O) groups is 1. The van der Waals surface area contributed by atoms with E-state index < -0.39 is 5.91 Å². The Balaban J connectivity index is 1.86. The highest BCUT2D eigenvalue weighted by Crippen LogP contribution is 2.19. The van der Waals surface area contributed by atoms with Crippen LogP contribution in [0.4, 0.5) is 5.95 Å². The number of nitrogen functional groups attached to an aromatic ring is 1. The van der Waals surface area contributed by atoms with Crippen molar-refractivity contribution in [3.63, 3.8) is 0 Å². The van der Waals surface area contributed by atoms with Crippen molar-refractivity contribution in [3.8, 4) is 17.1 Å². The van der Waals surface area contributed by atoms with Gasteiger partial charge >= 0.3 is 0 Å². The number of allylic oxidation sites excluding steroid dienone is 1. The Kier molecular flexibility index (Phi) is 4.33. The topological polar surface area (TPSA) is 95.9 Å². The minimum Gasteiger partial charge on any atom is -0.496 e. The molecule has 0 saturated heterocycles. The van der Waals surface area contributed by atoms with E-state index in [0.29, 0.717) is 17.1 Å². The number of hydrogen-bond acceptors (Lipinski definition) is 6. The summed E-state index contributed by atoms with van der Waals surface area (Å²) in [4.78, 5) is 20.4. The number of anilines is 1. The maximum atomic E-state index is 12.3. The van der Waals surface area contributed by atoms with Crippen LogP contribution >= 0.6 is 0 Å². The van der Waals surface area contributed by atoms with Gasteiger partial charge in [-0.3, -0.25) is 9.78 Å². The number of pyridine rings is 1. The maximum Gasteiger partial charge on any atom is 0.274 e. The lowest BCUT2D eigenvalue weighted by Crippen LogP contribution is -2.12. The molecule has 3 rings (SSSR count). The molecule has 0 saturated carbocycles. The third-order valence-corrected chi connectivity index (χ3v) is 3.31. The molecule has 0 unspecified atom stereocenters. The molecule has 0 atom stereocenters. The van der Waals surface area contributed by atoms with Crippen LogP contribution in [0.5, 0.6) is 5.75 Å². The quantitative estimate of drug-likeness (QED) is 0.741. The highest BCUT2D eigenvalue weighted by atomic mass is 16.5. The van der Waals surface area contributed by atoms with Crippen molar-refractivity contribution in [3.05, 3.63) is 60.4 Å². The average Bonchev–Trinajstić information content (AvgIpc) is 3.02. The molecule has 2 heterocycles. The van der Waals surface area contributed by atoms with Gasteiger partial charge in [-0.05, 0) is 24.3 Å². The average molecular weight is 321 g/mol. The first-order valence-electron chi connectivity index (χ1n) is 7.17. The Morgan fingerprint density at radius 3 is 2.83 bits per heavy atom. The molecule has 3 aromatic rings. The Morgan fingerprint density at radius 2 is 2.08 bits per heavy atom. The molecule has 0 radical (unpaired) electrons. The van der Waals surface area contributed by atoms with Gasteiger partial charge in [0.25, 0.3) is 5.91 Å². The van der Waals surface area contributed by atoms with E-state index in [1.54, 1.807) is 37.7 Å². The molecular weight excluding hydrogens is 306 g/mol. The van der Waals surface area contributed by atoms with E-state index in [-0.39, 0.29) is 5.95 Å². The highest BCUT2D eigenvalue weighted by Gasteiger charge is 2.13. The number of carbonyl (C=O) groups excluding carboxylic acids is 1. The Bertz CT molecular complexity index is 887. The van der Waals surface area contributed by atoms with E-state index in [4.69, 9.17) is 10.5 Å². The van der Waals surface area contributed by atoms with E-state index in [0.717, 1.165) is 10.2 Å². The maximum absolute atomic E-state index is 12.3. The number of aromatic nitrogens is 4. The number of nitrogens with two attached hydrogens (primary N) is 1. The number of nitrogens with zero attached hydrogens (tertiary/aromatic N) is 4. The molecule has 24 heavy (non-hydrogen) atoms.